The van der Waals surface area contributed by atoms with Crippen molar-refractivity contribution in [3.63, 3.8) is 0 Å². The maximum Gasteiger partial charge on any atom is 0.381 e. The van der Waals surface area contributed by atoms with Crippen molar-refractivity contribution in [3.8, 4) is 0 Å². The van der Waals surface area contributed by atoms with Gasteiger partial charge in [-0.05, 0) is 12.5 Å². The van der Waals surface area contributed by atoms with Crippen molar-refractivity contribution in [2.24, 2.45) is 5.11 Å². The summed E-state index contributed by atoms with van der Waals surface area (Å²) in [7, 11) is -11.6. The zero-order valence-electron chi connectivity index (χ0n) is 16.0. The number of nitrogens with zero attached hydrogens (tertiary/aromatic N) is 4. The van der Waals surface area contributed by atoms with Crippen molar-refractivity contribution in [2.75, 3.05) is 6.61 Å². The molecular weight excluding hydrogens is 501 g/mol. The second-order valence-corrected chi connectivity index (χ2v) is 12.1. The lowest BCUT2D eigenvalue weighted by Gasteiger charge is -2.23. The molecule has 1 aromatic rings. The molecule has 4 unspecified atom stereocenters. The topological polar surface area (TPSA) is 243 Å². The molecule has 0 amide bonds. The SMILES string of the molecule is [B]P(=O)(OC[C@@H]1O[C@H](n2cc(C)c(=O)[nH]c2=O)CC1N=[N+]=[N-])OP(=O)(O)C(F)P(=O)(O)O. The molecule has 1 aliphatic rings. The Balaban J connectivity index is 2.16. The van der Waals surface area contributed by atoms with Gasteiger partial charge in [-0.1, -0.05) is 5.11 Å². The minimum atomic E-state index is -5.84. The van der Waals surface area contributed by atoms with Gasteiger partial charge in [-0.3, -0.25) is 28.0 Å². The first-order valence-corrected chi connectivity index (χ1v) is 13.3. The van der Waals surface area contributed by atoms with E-state index in [1.807, 2.05) is 4.98 Å². The molecule has 0 bridgehead atoms. The second-order valence-electron chi connectivity index (χ2n) is 6.50. The van der Waals surface area contributed by atoms with Crippen LogP contribution in [0.3, 0.4) is 0 Å². The molecule has 0 aliphatic carbocycles. The van der Waals surface area contributed by atoms with Gasteiger partial charge in [0.15, 0.2) is 0 Å². The molecule has 0 aromatic carbocycles. The lowest BCUT2D eigenvalue weighted by atomic mass is 10.1. The van der Waals surface area contributed by atoms with Gasteiger partial charge in [0.05, 0.1) is 18.8 Å². The summed E-state index contributed by atoms with van der Waals surface area (Å²) in [5.41, 5.74) is 3.67. The number of aromatic amines is 1. The van der Waals surface area contributed by atoms with Gasteiger partial charge < -0.3 is 23.9 Å². The highest BCUT2D eigenvalue weighted by Gasteiger charge is 2.49. The van der Waals surface area contributed by atoms with E-state index in [4.69, 9.17) is 27.6 Å². The summed E-state index contributed by atoms with van der Waals surface area (Å²) in [5.74, 6) is 0. The van der Waals surface area contributed by atoms with Crippen molar-refractivity contribution in [1.82, 2.24) is 9.55 Å². The van der Waals surface area contributed by atoms with Gasteiger partial charge in [-0.2, -0.15) is 0 Å². The van der Waals surface area contributed by atoms with Gasteiger partial charge in [0.1, 0.15) is 6.23 Å². The first-order valence-electron chi connectivity index (χ1n) is 8.35. The van der Waals surface area contributed by atoms with E-state index in [0.29, 0.717) is 0 Å². The number of halogens is 1. The Morgan fingerprint density at radius 1 is 1.44 bits per heavy atom. The molecule has 2 radical (unpaired) electrons. The number of H-pyrrole nitrogens is 1. The maximum absolute atomic E-state index is 13.5. The van der Waals surface area contributed by atoms with Crippen molar-refractivity contribution in [3.05, 3.63) is 43.0 Å². The molecule has 21 heteroatoms. The first kappa shape index (κ1) is 26.7. The molecule has 2 rings (SSSR count). The molecule has 0 spiro atoms. The number of aryl methyl sites for hydroxylation is 1. The fourth-order valence-electron chi connectivity index (χ4n) is 2.62. The zero-order valence-corrected chi connectivity index (χ0v) is 18.7. The summed E-state index contributed by atoms with van der Waals surface area (Å²) in [4.78, 5) is 54.8. The molecule has 16 nitrogen and oxygen atoms in total. The average molecular weight is 517 g/mol. The van der Waals surface area contributed by atoms with E-state index >= 15 is 0 Å². The van der Waals surface area contributed by atoms with Crippen molar-refractivity contribution >= 4 is 30.2 Å². The van der Waals surface area contributed by atoms with Crippen LogP contribution in [0.4, 0.5) is 4.39 Å². The lowest BCUT2D eigenvalue weighted by Crippen LogP contribution is -2.33. The molecule has 6 atom stereocenters. The molecular formula is C11H16BFN5O11P3. The van der Waals surface area contributed by atoms with Gasteiger partial charge in [0.25, 0.3) is 18.7 Å². The quantitative estimate of drug-likeness (QED) is 0.117. The third kappa shape index (κ3) is 6.49. The standard InChI is InChI=1S/C11H16BFN5O11P3/c1-5-3-18(11(20)15-9(5)19)8-2-6(16-17-14)7(28-8)4-27-32(12,26)29-31(24,25)10(13)30(21,22)23/h3,6-8,10H,2,4H2,1H3,(H,24,25)(H,15,19,20)(H2,21,22,23)/t6?,7-,8-,10?,32?/m0/s1. The molecule has 1 fully saturated rings. The minimum Gasteiger partial charge on any atom is -0.352 e. The number of azide groups is 1. The van der Waals surface area contributed by atoms with E-state index in [9.17, 15) is 32.6 Å². The molecule has 1 aromatic heterocycles. The Morgan fingerprint density at radius 3 is 2.62 bits per heavy atom. The summed E-state index contributed by atoms with van der Waals surface area (Å²) >= 11 is 0. The normalized spacial score (nSPS) is 26.0. The predicted octanol–water partition coefficient (Wildman–Crippen LogP) is 0.737. The fourth-order valence-corrected chi connectivity index (χ4v) is 6.68. The number of aromatic nitrogens is 2. The van der Waals surface area contributed by atoms with E-state index in [2.05, 4.69) is 18.9 Å². The Labute approximate surface area is 178 Å². The molecule has 1 aliphatic heterocycles. The largest absolute Gasteiger partial charge is 0.381 e. The first-order chi connectivity index (χ1) is 14.6. The Kier molecular flexibility index (Phi) is 8.12. The van der Waals surface area contributed by atoms with Crippen molar-refractivity contribution < 1.29 is 46.3 Å². The van der Waals surface area contributed by atoms with Gasteiger partial charge >= 0.3 is 20.9 Å². The van der Waals surface area contributed by atoms with Crippen molar-refractivity contribution in [1.29, 1.82) is 0 Å². The number of alkyl halides is 1. The van der Waals surface area contributed by atoms with E-state index < -0.39 is 64.5 Å². The van der Waals surface area contributed by atoms with E-state index in [0.717, 1.165) is 4.57 Å². The zero-order chi connectivity index (χ0) is 24.5. The molecule has 1 saturated heterocycles. The molecule has 0 saturated carbocycles. The number of hydrogen-bond donors (Lipinski definition) is 4. The Hall–Kier alpha value is -1.57. The highest BCUT2D eigenvalue weighted by atomic mass is 31.3. The third-order valence-electron chi connectivity index (χ3n) is 4.06. The smallest absolute Gasteiger partial charge is 0.352 e. The van der Waals surface area contributed by atoms with Crippen LogP contribution in [-0.4, -0.2) is 56.2 Å². The molecule has 176 valence electrons. The van der Waals surface area contributed by atoms with E-state index in [-0.39, 0.29) is 12.0 Å². The van der Waals surface area contributed by atoms with Gasteiger partial charge in [0.2, 0.25) is 7.57 Å². The second kappa shape index (κ2) is 9.74. The third-order valence-corrected chi connectivity index (χ3v) is 9.28. The fraction of sp³-hybridized carbons (Fsp3) is 0.636. The van der Waals surface area contributed by atoms with Crippen LogP contribution in [0, 0.1) is 6.92 Å². The number of hydrogen-bond acceptors (Lipinski definition) is 9. The molecule has 4 N–H and O–H groups in total. The molecule has 32 heavy (non-hydrogen) atoms. The van der Waals surface area contributed by atoms with Crippen LogP contribution >= 0.6 is 22.7 Å². The monoisotopic (exact) mass is 517 g/mol. The Morgan fingerprint density at radius 2 is 2.06 bits per heavy atom. The van der Waals surface area contributed by atoms with E-state index in [1.54, 1.807) is 0 Å². The van der Waals surface area contributed by atoms with E-state index in [1.165, 1.54) is 13.1 Å². The lowest BCUT2D eigenvalue weighted by molar-refractivity contribution is -0.0231. The van der Waals surface area contributed by atoms with Gasteiger partial charge in [-0.25, -0.2) is 13.5 Å². The van der Waals surface area contributed by atoms with Crippen LogP contribution in [0.15, 0.2) is 20.9 Å². The van der Waals surface area contributed by atoms with Crippen LogP contribution in [0.5, 0.6) is 0 Å². The van der Waals surface area contributed by atoms with Crippen LogP contribution < -0.4 is 11.2 Å². The number of nitrogens with one attached hydrogen (secondary N) is 1. The molecule has 2 heterocycles. The van der Waals surface area contributed by atoms with Gasteiger partial charge in [-0.15, -0.1) is 0 Å². The highest BCUT2D eigenvalue weighted by Crippen LogP contribution is 2.70. The highest BCUT2D eigenvalue weighted by molar-refractivity contribution is 7.85. The van der Waals surface area contributed by atoms with Crippen molar-refractivity contribution in [2.45, 2.75) is 37.4 Å². The maximum atomic E-state index is 13.5. The number of rotatable bonds is 9. The van der Waals surface area contributed by atoms with Crippen LogP contribution in [0.25, 0.3) is 10.4 Å². The summed E-state index contributed by atoms with van der Waals surface area (Å²) < 4.78 is 63.1. The van der Waals surface area contributed by atoms with Gasteiger partial charge in [0, 0.05) is 23.1 Å². The van der Waals surface area contributed by atoms with Crippen LogP contribution in [0.2, 0.25) is 0 Å². The van der Waals surface area contributed by atoms with Crippen LogP contribution in [0.1, 0.15) is 18.2 Å². The summed E-state index contributed by atoms with van der Waals surface area (Å²) in [6.45, 7) is 0.595. The van der Waals surface area contributed by atoms with Crippen LogP contribution in [-0.2, 0) is 27.3 Å². The summed E-state index contributed by atoms with van der Waals surface area (Å²) in [6, 6.07) is -1.03. The summed E-state index contributed by atoms with van der Waals surface area (Å²) in [6.07, 6.45) is -1.24. The summed E-state index contributed by atoms with van der Waals surface area (Å²) in [5, 5.41) is 3.44. The number of ether oxygens (including phenoxy) is 1. The average Bonchev–Trinajstić information content (AvgIpc) is 3.04. The Bertz CT molecular complexity index is 1180. The minimum absolute atomic E-state index is 0.109. The predicted molar refractivity (Wildman–Crippen MR) is 105 cm³/mol.